The molecule has 0 aromatic carbocycles. The molecule has 2 fully saturated rings. The molecule has 170 valence electrons. The topological polar surface area (TPSA) is 79.0 Å². The van der Waals surface area contributed by atoms with Crippen molar-refractivity contribution in [1.82, 2.24) is 14.5 Å². The largest absolute Gasteiger partial charge is 0.379 e. The molecule has 2 atom stereocenters. The summed E-state index contributed by atoms with van der Waals surface area (Å²) in [5.74, 6) is 0.220. The normalized spacial score (nSPS) is 22.9. The number of hydrogen-bond donors (Lipinski definition) is 1. The highest BCUT2D eigenvalue weighted by molar-refractivity contribution is 7.91. The molecule has 1 N–H and O–H groups in total. The lowest BCUT2D eigenvalue weighted by atomic mass is 9.98. The second-order valence-corrected chi connectivity index (χ2v) is 12.2. The van der Waals surface area contributed by atoms with Crippen LogP contribution in [0.3, 0.4) is 0 Å². The van der Waals surface area contributed by atoms with E-state index in [4.69, 9.17) is 4.74 Å². The number of amides is 1. The SMILES string of the molecule is Cc1ccc(S(=O)(=O)N2CCCC(C(=O)NCC(CC(C)C)N3CCOCC3)C2)s1. The predicted molar refractivity (Wildman–Crippen MR) is 119 cm³/mol. The van der Waals surface area contributed by atoms with Gasteiger partial charge in [-0.1, -0.05) is 13.8 Å². The number of sulfonamides is 1. The van der Waals surface area contributed by atoms with Crippen molar-refractivity contribution in [3.63, 3.8) is 0 Å². The summed E-state index contributed by atoms with van der Waals surface area (Å²) in [7, 11) is -3.52. The third-order valence-corrected chi connectivity index (χ3v) is 9.22. The van der Waals surface area contributed by atoms with Crippen molar-refractivity contribution in [2.45, 2.75) is 50.3 Å². The standard InChI is InChI=1S/C21H35N3O4S2/c1-16(2)13-19(23-9-11-28-12-10-23)14-22-21(25)18-5-4-8-24(15-18)30(26,27)20-7-6-17(3)29-20/h6-7,16,18-19H,4-5,8-15H2,1-3H3,(H,22,25). The first-order valence-corrected chi connectivity index (χ1v) is 13.2. The number of morpholine rings is 1. The molecule has 0 aliphatic carbocycles. The summed E-state index contributed by atoms with van der Waals surface area (Å²) in [6, 6.07) is 3.78. The number of nitrogens with one attached hydrogen (secondary N) is 1. The van der Waals surface area contributed by atoms with Gasteiger partial charge in [-0.25, -0.2) is 8.42 Å². The van der Waals surface area contributed by atoms with E-state index < -0.39 is 10.0 Å². The third-order valence-electron chi connectivity index (χ3n) is 5.88. The van der Waals surface area contributed by atoms with Crippen molar-refractivity contribution in [2.24, 2.45) is 11.8 Å². The lowest BCUT2D eigenvalue weighted by molar-refractivity contribution is -0.126. The van der Waals surface area contributed by atoms with E-state index in [0.717, 1.165) is 44.0 Å². The first kappa shape index (κ1) is 23.7. The Balaban J connectivity index is 1.58. The molecular weight excluding hydrogens is 422 g/mol. The third kappa shape index (κ3) is 6.03. The number of carbonyl (C=O) groups excluding carboxylic acids is 1. The van der Waals surface area contributed by atoms with Crippen LogP contribution in [0, 0.1) is 18.8 Å². The molecule has 1 aromatic rings. The first-order valence-electron chi connectivity index (χ1n) is 10.9. The van der Waals surface area contributed by atoms with E-state index in [0.29, 0.717) is 29.6 Å². The van der Waals surface area contributed by atoms with Gasteiger partial charge in [-0.2, -0.15) is 4.31 Å². The van der Waals surface area contributed by atoms with Crippen molar-refractivity contribution < 1.29 is 17.9 Å². The van der Waals surface area contributed by atoms with E-state index in [9.17, 15) is 13.2 Å². The van der Waals surface area contributed by atoms with Crippen molar-refractivity contribution in [2.75, 3.05) is 45.9 Å². The van der Waals surface area contributed by atoms with Crippen LogP contribution in [-0.2, 0) is 19.6 Å². The van der Waals surface area contributed by atoms with E-state index >= 15 is 0 Å². The van der Waals surface area contributed by atoms with Gasteiger partial charge in [0.1, 0.15) is 4.21 Å². The van der Waals surface area contributed by atoms with Gasteiger partial charge >= 0.3 is 0 Å². The Kier molecular flexibility index (Phi) is 8.31. The maximum absolute atomic E-state index is 12.9. The Labute approximate surface area is 184 Å². The minimum absolute atomic E-state index is 0.0284. The molecule has 2 aliphatic rings. The first-order chi connectivity index (χ1) is 14.3. The molecule has 1 aromatic heterocycles. The highest BCUT2D eigenvalue weighted by Gasteiger charge is 2.34. The maximum atomic E-state index is 12.9. The van der Waals surface area contributed by atoms with Gasteiger partial charge in [-0.3, -0.25) is 9.69 Å². The highest BCUT2D eigenvalue weighted by Crippen LogP contribution is 2.28. The molecule has 30 heavy (non-hydrogen) atoms. The van der Waals surface area contributed by atoms with Crippen LogP contribution in [0.1, 0.15) is 38.0 Å². The number of ether oxygens (including phenoxy) is 1. The average molecular weight is 458 g/mol. The number of thiophene rings is 1. The molecule has 2 aliphatic heterocycles. The number of aryl methyl sites for hydroxylation is 1. The molecule has 0 saturated carbocycles. The fourth-order valence-electron chi connectivity index (χ4n) is 4.26. The monoisotopic (exact) mass is 457 g/mol. The van der Waals surface area contributed by atoms with Crippen LogP contribution in [0.2, 0.25) is 0 Å². The Hall–Kier alpha value is -1.00. The average Bonchev–Trinajstić information content (AvgIpc) is 3.18. The summed E-state index contributed by atoms with van der Waals surface area (Å²) in [5.41, 5.74) is 0. The smallest absolute Gasteiger partial charge is 0.252 e. The van der Waals surface area contributed by atoms with Gasteiger partial charge in [-0.05, 0) is 44.2 Å². The number of carbonyl (C=O) groups is 1. The number of rotatable bonds is 8. The van der Waals surface area contributed by atoms with Crippen LogP contribution < -0.4 is 5.32 Å². The number of hydrogen-bond acceptors (Lipinski definition) is 6. The molecule has 0 bridgehead atoms. The second kappa shape index (κ2) is 10.5. The minimum Gasteiger partial charge on any atom is -0.379 e. The lowest BCUT2D eigenvalue weighted by Crippen LogP contribution is -2.51. The van der Waals surface area contributed by atoms with Crippen LogP contribution in [0.5, 0.6) is 0 Å². The summed E-state index contributed by atoms with van der Waals surface area (Å²) in [4.78, 5) is 16.3. The molecule has 2 unspecified atom stereocenters. The van der Waals surface area contributed by atoms with E-state index in [-0.39, 0.29) is 24.4 Å². The van der Waals surface area contributed by atoms with Crippen LogP contribution in [0.25, 0.3) is 0 Å². The molecule has 0 radical (unpaired) electrons. The molecule has 0 spiro atoms. The fourth-order valence-corrected chi connectivity index (χ4v) is 7.23. The zero-order valence-electron chi connectivity index (χ0n) is 18.3. The molecular formula is C21H35N3O4S2. The molecule has 3 heterocycles. The van der Waals surface area contributed by atoms with Gasteiger partial charge in [0, 0.05) is 43.6 Å². The second-order valence-electron chi connectivity index (χ2n) is 8.74. The Morgan fingerprint density at radius 1 is 1.27 bits per heavy atom. The van der Waals surface area contributed by atoms with E-state index in [1.165, 1.54) is 15.6 Å². The van der Waals surface area contributed by atoms with Gasteiger partial charge in [-0.15, -0.1) is 11.3 Å². The summed E-state index contributed by atoms with van der Waals surface area (Å²) in [5, 5.41) is 3.13. The van der Waals surface area contributed by atoms with Crippen molar-refractivity contribution in [3.05, 3.63) is 17.0 Å². The number of nitrogens with zero attached hydrogens (tertiary/aromatic N) is 2. The summed E-state index contributed by atoms with van der Waals surface area (Å²) < 4.78 is 33.2. The van der Waals surface area contributed by atoms with Crippen molar-refractivity contribution in [1.29, 1.82) is 0 Å². The fraction of sp³-hybridized carbons (Fsp3) is 0.762. The quantitative estimate of drug-likeness (QED) is 0.648. The minimum atomic E-state index is -3.52. The zero-order chi connectivity index (χ0) is 21.7. The van der Waals surface area contributed by atoms with Crippen molar-refractivity contribution in [3.8, 4) is 0 Å². The maximum Gasteiger partial charge on any atom is 0.252 e. The van der Waals surface area contributed by atoms with Crippen LogP contribution in [0.4, 0.5) is 0 Å². The molecule has 9 heteroatoms. The molecule has 7 nitrogen and oxygen atoms in total. The Morgan fingerprint density at radius 3 is 2.63 bits per heavy atom. The molecule has 1 amide bonds. The Bertz CT molecular complexity index is 803. The zero-order valence-corrected chi connectivity index (χ0v) is 19.9. The highest BCUT2D eigenvalue weighted by atomic mass is 32.2. The molecule has 3 rings (SSSR count). The van der Waals surface area contributed by atoms with Gasteiger partial charge in [0.05, 0.1) is 19.1 Å². The predicted octanol–water partition coefficient (Wildman–Crippen LogP) is 2.32. The Morgan fingerprint density at radius 2 is 2.00 bits per heavy atom. The van der Waals surface area contributed by atoms with E-state index in [2.05, 4.69) is 24.1 Å². The van der Waals surface area contributed by atoms with Gasteiger partial charge in [0.15, 0.2) is 0 Å². The number of piperidine rings is 1. The summed E-state index contributed by atoms with van der Waals surface area (Å²) >= 11 is 1.29. The summed E-state index contributed by atoms with van der Waals surface area (Å²) in [6.07, 6.45) is 2.46. The van der Waals surface area contributed by atoms with E-state index in [1.54, 1.807) is 6.07 Å². The summed E-state index contributed by atoms with van der Waals surface area (Å²) in [6.45, 7) is 10.9. The van der Waals surface area contributed by atoms with Crippen LogP contribution in [-0.4, -0.2) is 75.5 Å². The lowest BCUT2D eigenvalue weighted by Gasteiger charge is -2.36. The van der Waals surface area contributed by atoms with Gasteiger partial charge in [0.25, 0.3) is 10.0 Å². The van der Waals surface area contributed by atoms with Gasteiger partial charge in [0.2, 0.25) is 5.91 Å². The van der Waals surface area contributed by atoms with Crippen LogP contribution in [0.15, 0.2) is 16.3 Å². The van der Waals surface area contributed by atoms with Crippen LogP contribution >= 0.6 is 11.3 Å². The molecule has 2 saturated heterocycles. The van der Waals surface area contributed by atoms with Gasteiger partial charge < -0.3 is 10.1 Å². The van der Waals surface area contributed by atoms with Crippen molar-refractivity contribution >= 4 is 27.3 Å². The van der Waals surface area contributed by atoms with E-state index in [1.807, 2.05) is 13.0 Å².